The lowest BCUT2D eigenvalue weighted by Crippen LogP contribution is -2.49. The Kier molecular flexibility index (Phi) is 8.52. The molecule has 0 bridgehead atoms. The van der Waals surface area contributed by atoms with Gasteiger partial charge in [0.05, 0.1) is 5.02 Å². The summed E-state index contributed by atoms with van der Waals surface area (Å²) in [6.07, 6.45) is 0. The molecule has 0 spiro atoms. The molecule has 1 N–H and O–H groups in total. The van der Waals surface area contributed by atoms with E-state index in [1.165, 1.54) is 4.90 Å². The van der Waals surface area contributed by atoms with Crippen molar-refractivity contribution < 1.29 is 14.3 Å². The highest BCUT2D eigenvalue weighted by Crippen LogP contribution is 2.23. The minimum Gasteiger partial charge on any atom is -0.482 e. The second-order valence-corrected chi connectivity index (χ2v) is 7.95. The van der Waals surface area contributed by atoms with Crippen LogP contribution in [0.1, 0.15) is 31.9 Å². The summed E-state index contributed by atoms with van der Waals surface area (Å²) >= 11 is 6.10. The van der Waals surface area contributed by atoms with Crippen molar-refractivity contribution in [2.75, 3.05) is 13.2 Å². The van der Waals surface area contributed by atoms with Crippen LogP contribution in [0.25, 0.3) is 0 Å². The monoisotopic (exact) mass is 416 g/mol. The Bertz CT molecular complexity index is 821. The summed E-state index contributed by atoms with van der Waals surface area (Å²) in [7, 11) is 0. The fraction of sp³-hybridized carbons (Fsp3) is 0.391. The molecule has 29 heavy (non-hydrogen) atoms. The van der Waals surface area contributed by atoms with Gasteiger partial charge in [0.15, 0.2) is 6.61 Å². The van der Waals surface area contributed by atoms with E-state index in [-0.39, 0.29) is 18.4 Å². The molecule has 0 fully saturated rings. The lowest BCUT2D eigenvalue weighted by atomic mass is 10.1. The molecular formula is C23H29ClN2O3. The first-order valence-corrected chi connectivity index (χ1v) is 10.2. The third-order valence-electron chi connectivity index (χ3n) is 4.51. The third kappa shape index (κ3) is 7.09. The molecule has 2 aromatic carbocycles. The maximum absolute atomic E-state index is 13.0. The Morgan fingerprint density at radius 2 is 1.72 bits per heavy atom. The van der Waals surface area contributed by atoms with Gasteiger partial charge in [-0.15, -0.1) is 0 Å². The third-order valence-corrected chi connectivity index (χ3v) is 4.83. The van der Waals surface area contributed by atoms with Gasteiger partial charge >= 0.3 is 0 Å². The van der Waals surface area contributed by atoms with Gasteiger partial charge in [-0.3, -0.25) is 9.59 Å². The number of halogens is 1. The number of hydrogen-bond acceptors (Lipinski definition) is 3. The Hall–Kier alpha value is -2.53. The summed E-state index contributed by atoms with van der Waals surface area (Å²) in [5.41, 5.74) is 2.08. The van der Waals surface area contributed by atoms with Gasteiger partial charge in [0, 0.05) is 13.1 Å². The van der Waals surface area contributed by atoms with Gasteiger partial charge in [-0.05, 0) is 37.5 Å². The largest absolute Gasteiger partial charge is 0.482 e. The first-order chi connectivity index (χ1) is 13.8. The van der Waals surface area contributed by atoms with Crippen LogP contribution in [-0.2, 0) is 16.1 Å². The van der Waals surface area contributed by atoms with Crippen molar-refractivity contribution in [3.05, 3.63) is 64.7 Å². The molecule has 1 atom stereocenters. The number of benzene rings is 2. The number of rotatable bonds is 9. The number of ether oxygens (including phenoxy) is 1. The molecule has 0 unspecified atom stereocenters. The second-order valence-electron chi connectivity index (χ2n) is 7.54. The van der Waals surface area contributed by atoms with Crippen molar-refractivity contribution in [2.45, 2.75) is 40.3 Å². The Labute approximate surface area is 178 Å². The summed E-state index contributed by atoms with van der Waals surface area (Å²) in [6.45, 7) is 8.48. The van der Waals surface area contributed by atoms with Crippen LogP contribution in [0.4, 0.5) is 0 Å². The molecule has 0 radical (unpaired) electrons. The minimum atomic E-state index is -0.627. The molecule has 2 rings (SSSR count). The molecule has 156 valence electrons. The van der Waals surface area contributed by atoms with Gasteiger partial charge < -0.3 is 15.0 Å². The highest BCUT2D eigenvalue weighted by Gasteiger charge is 2.26. The quantitative estimate of drug-likeness (QED) is 0.665. The molecule has 0 aliphatic heterocycles. The van der Waals surface area contributed by atoms with Crippen molar-refractivity contribution in [3.8, 4) is 5.75 Å². The highest BCUT2D eigenvalue weighted by molar-refractivity contribution is 6.32. The van der Waals surface area contributed by atoms with E-state index in [0.29, 0.717) is 29.8 Å². The molecule has 0 aromatic heterocycles. The van der Waals surface area contributed by atoms with Crippen molar-refractivity contribution in [2.24, 2.45) is 5.92 Å². The Balaban J connectivity index is 2.13. The second kappa shape index (κ2) is 10.9. The molecule has 2 aromatic rings. The van der Waals surface area contributed by atoms with Gasteiger partial charge in [-0.25, -0.2) is 0 Å². The van der Waals surface area contributed by atoms with Crippen LogP contribution in [0, 0.1) is 12.8 Å². The number of nitrogens with zero attached hydrogens (tertiary/aromatic N) is 1. The van der Waals surface area contributed by atoms with E-state index in [1.54, 1.807) is 31.2 Å². The number of para-hydroxylation sites is 1. The number of hydrogen-bond donors (Lipinski definition) is 1. The van der Waals surface area contributed by atoms with E-state index in [1.807, 2.05) is 45.0 Å². The van der Waals surface area contributed by atoms with Crippen LogP contribution >= 0.6 is 11.6 Å². The molecule has 0 saturated heterocycles. The summed E-state index contributed by atoms with van der Waals surface area (Å²) in [5, 5.41) is 3.34. The zero-order valence-electron chi connectivity index (χ0n) is 17.4. The van der Waals surface area contributed by atoms with Crippen LogP contribution in [0.15, 0.2) is 48.5 Å². The van der Waals surface area contributed by atoms with E-state index in [2.05, 4.69) is 5.32 Å². The first kappa shape index (κ1) is 22.8. The first-order valence-electron chi connectivity index (χ1n) is 9.78. The van der Waals surface area contributed by atoms with E-state index in [0.717, 1.165) is 11.1 Å². The van der Waals surface area contributed by atoms with Crippen LogP contribution in [-0.4, -0.2) is 35.9 Å². The fourth-order valence-corrected chi connectivity index (χ4v) is 2.90. The zero-order valence-corrected chi connectivity index (χ0v) is 18.2. The van der Waals surface area contributed by atoms with Crippen LogP contribution < -0.4 is 10.1 Å². The van der Waals surface area contributed by atoms with Crippen molar-refractivity contribution >= 4 is 23.4 Å². The van der Waals surface area contributed by atoms with Crippen LogP contribution in [0.3, 0.4) is 0 Å². The van der Waals surface area contributed by atoms with Crippen molar-refractivity contribution in [1.29, 1.82) is 0 Å². The lowest BCUT2D eigenvalue weighted by Gasteiger charge is -2.29. The van der Waals surface area contributed by atoms with Gasteiger partial charge in [-0.2, -0.15) is 0 Å². The van der Waals surface area contributed by atoms with Gasteiger partial charge in [0.1, 0.15) is 11.8 Å². The molecule has 0 aliphatic carbocycles. The molecule has 2 amide bonds. The van der Waals surface area contributed by atoms with Gasteiger partial charge in [0.2, 0.25) is 5.91 Å². The molecule has 0 saturated carbocycles. The minimum absolute atomic E-state index is 0.183. The molecule has 6 heteroatoms. The predicted octanol–water partition coefficient (Wildman–Crippen LogP) is 4.22. The molecule has 5 nitrogen and oxygen atoms in total. The summed E-state index contributed by atoms with van der Waals surface area (Å²) < 4.78 is 5.61. The average Bonchev–Trinajstić information content (AvgIpc) is 2.70. The lowest BCUT2D eigenvalue weighted by molar-refractivity contribution is -0.142. The Morgan fingerprint density at radius 3 is 2.34 bits per heavy atom. The molecule has 0 aliphatic rings. The number of aryl methyl sites for hydroxylation is 1. The van der Waals surface area contributed by atoms with Crippen LogP contribution in [0.5, 0.6) is 5.75 Å². The Morgan fingerprint density at radius 1 is 1.07 bits per heavy atom. The smallest absolute Gasteiger partial charge is 0.261 e. The summed E-state index contributed by atoms with van der Waals surface area (Å²) in [4.78, 5) is 27.1. The SMILES string of the molecule is Cc1ccc(CN(C(=O)COc2ccccc2Cl)[C@@H](C)C(=O)NCC(C)C)cc1. The highest BCUT2D eigenvalue weighted by atomic mass is 35.5. The molecular weight excluding hydrogens is 388 g/mol. The maximum atomic E-state index is 13.0. The van der Waals surface area contributed by atoms with E-state index >= 15 is 0 Å². The van der Waals surface area contributed by atoms with E-state index in [4.69, 9.17) is 16.3 Å². The zero-order chi connectivity index (χ0) is 21.4. The van der Waals surface area contributed by atoms with Gasteiger partial charge in [-0.1, -0.05) is 67.4 Å². The maximum Gasteiger partial charge on any atom is 0.261 e. The normalized spacial score (nSPS) is 11.8. The summed E-state index contributed by atoms with van der Waals surface area (Å²) in [5.74, 6) is 0.306. The van der Waals surface area contributed by atoms with E-state index in [9.17, 15) is 9.59 Å². The van der Waals surface area contributed by atoms with E-state index < -0.39 is 6.04 Å². The predicted molar refractivity (Wildman–Crippen MR) is 116 cm³/mol. The van der Waals surface area contributed by atoms with Gasteiger partial charge in [0.25, 0.3) is 5.91 Å². The van der Waals surface area contributed by atoms with Crippen LogP contribution in [0.2, 0.25) is 5.02 Å². The molecule has 0 heterocycles. The number of carbonyl (C=O) groups excluding carboxylic acids is 2. The number of carbonyl (C=O) groups is 2. The topological polar surface area (TPSA) is 58.6 Å². The number of amides is 2. The summed E-state index contributed by atoms with van der Waals surface area (Å²) in [6, 6.07) is 14.3. The fourth-order valence-electron chi connectivity index (χ4n) is 2.71. The average molecular weight is 417 g/mol. The number of nitrogens with one attached hydrogen (secondary N) is 1. The van der Waals surface area contributed by atoms with Crippen molar-refractivity contribution in [1.82, 2.24) is 10.2 Å². The van der Waals surface area contributed by atoms with Crippen molar-refractivity contribution in [3.63, 3.8) is 0 Å². The standard InChI is InChI=1S/C23H29ClN2O3/c1-16(2)13-25-23(28)18(4)26(14-19-11-9-17(3)10-12-19)22(27)15-29-21-8-6-5-7-20(21)24/h5-12,16,18H,13-15H2,1-4H3,(H,25,28)/t18-/m0/s1.